The molecular weight excluding hydrogens is 504 g/mol. The summed E-state index contributed by atoms with van der Waals surface area (Å²) in [5.41, 5.74) is 1.78. The van der Waals surface area contributed by atoms with E-state index in [0.29, 0.717) is 17.3 Å². The molecule has 204 valence electrons. The average molecular weight is 541 g/mol. The molecule has 1 aliphatic rings. The molecule has 0 aliphatic carbocycles. The van der Waals surface area contributed by atoms with E-state index in [0.717, 1.165) is 11.1 Å². The lowest BCUT2D eigenvalue weighted by Gasteiger charge is -2.28. The molecule has 8 nitrogen and oxygen atoms in total. The van der Waals surface area contributed by atoms with E-state index in [4.69, 9.17) is 13.9 Å². The molecule has 0 saturated heterocycles. The molecule has 1 aliphatic heterocycles. The van der Waals surface area contributed by atoms with Crippen LogP contribution in [0.3, 0.4) is 0 Å². The molecule has 9 heteroatoms. The van der Waals surface area contributed by atoms with Crippen molar-refractivity contribution in [3.63, 3.8) is 0 Å². The highest BCUT2D eigenvalue weighted by molar-refractivity contribution is 7.89. The predicted molar refractivity (Wildman–Crippen MR) is 144 cm³/mol. The molecule has 0 atom stereocenters. The summed E-state index contributed by atoms with van der Waals surface area (Å²) in [7, 11) is -3.90. The zero-order chi connectivity index (χ0) is 27.5. The number of rotatable bonds is 10. The minimum Gasteiger partial charge on any atom is -0.467 e. The number of hydrogen-bond acceptors (Lipinski definition) is 6. The molecule has 0 saturated carbocycles. The van der Waals surface area contributed by atoms with Crippen LogP contribution in [-0.2, 0) is 33.3 Å². The Morgan fingerprint density at radius 3 is 2.32 bits per heavy atom. The molecule has 0 fully saturated rings. The van der Waals surface area contributed by atoms with Gasteiger partial charge in [0.2, 0.25) is 22.7 Å². The maximum Gasteiger partial charge on any atom is 0.243 e. The first kappa shape index (κ1) is 27.7. The van der Waals surface area contributed by atoms with Gasteiger partial charge in [0.25, 0.3) is 0 Å². The highest BCUT2D eigenvalue weighted by Gasteiger charge is 2.30. The zero-order valence-electron chi connectivity index (χ0n) is 22.6. The highest BCUT2D eigenvalue weighted by atomic mass is 32.2. The molecule has 4 rings (SSSR count). The summed E-state index contributed by atoms with van der Waals surface area (Å²) in [6.07, 6.45) is 1.55. The number of fused-ring (bicyclic) bond motifs is 1. The van der Waals surface area contributed by atoms with Crippen molar-refractivity contribution >= 4 is 15.9 Å². The van der Waals surface area contributed by atoms with E-state index < -0.39 is 10.0 Å². The van der Waals surface area contributed by atoms with Crippen molar-refractivity contribution in [2.45, 2.75) is 58.0 Å². The standard InChI is InChI=1S/C29H36N2O6S/c1-21(2)16-31(38(33,34)25-11-9-23(10-12-25)29(3,4)5)19-28(32)30(18-24-7-6-14-35-24)17-22-8-13-26-27(15-22)37-20-36-26/h6-15,21H,16-20H2,1-5H3. The number of sulfonamides is 1. The third-order valence-corrected chi connectivity index (χ3v) is 8.15. The number of ether oxygens (including phenoxy) is 2. The number of carbonyl (C=O) groups excluding carboxylic acids is 1. The largest absolute Gasteiger partial charge is 0.467 e. The Balaban J connectivity index is 1.59. The fourth-order valence-corrected chi connectivity index (χ4v) is 5.82. The van der Waals surface area contributed by atoms with Crippen molar-refractivity contribution in [3.05, 3.63) is 77.7 Å². The number of furan rings is 1. The van der Waals surface area contributed by atoms with Gasteiger partial charge in [-0.2, -0.15) is 4.31 Å². The van der Waals surface area contributed by atoms with Crippen LogP contribution in [-0.4, -0.2) is 43.4 Å². The SMILES string of the molecule is CC(C)CN(CC(=O)N(Cc1ccc2c(c1)OCO2)Cc1ccco1)S(=O)(=O)c1ccc(C(C)(C)C)cc1. The monoisotopic (exact) mass is 540 g/mol. The molecule has 2 aromatic carbocycles. The summed E-state index contributed by atoms with van der Waals surface area (Å²) in [5, 5.41) is 0. The van der Waals surface area contributed by atoms with Crippen LogP contribution in [0.15, 0.2) is 70.2 Å². The van der Waals surface area contributed by atoms with Crippen LogP contribution in [0.1, 0.15) is 51.5 Å². The van der Waals surface area contributed by atoms with Gasteiger partial charge in [-0.25, -0.2) is 8.42 Å². The van der Waals surface area contributed by atoms with Gasteiger partial charge < -0.3 is 18.8 Å². The zero-order valence-corrected chi connectivity index (χ0v) is 23.5. The Morgan fingerprint density at radius 2 is 1.68 bits per heavy atom. The van der Waals surface area contributed by atoms with E-state index in [2.05, 4.69) is 20.8 Å². The smallest absolute Gasteiger partial charge is 0.243 e. The van der Waals surface area contributed by atoms with Crippen molar-refractivity contribution in [2.24, 2.45) is 5.92 Å². The first-order valence-electron chi connectivity index (χ1n) is 12.7. The maximum absolute atomic E-state index is 13.7. The summed E-state index contributed by atoms with van der Waals surface area (Å²) in [6.45, 7) is 10.6. The molecule has 0 bridgehead atoms. The molecule has 38 heavy (non-hydrogen) atoms. The summed E-state index contributed by atoms with van der Waals surface area (Å²) in [4.78, 5) is 15.5. The van der Waals surface area contributed by atoms with E-state index in [1.54, 1.807) is 35.4 Å². The Kier molecular flexibility index (Phi) is 8.18. The molecule has 1 aromatic heterocycles. The van der Waals surface area contributed by atoms with Crippen LogP contribution < -0.4 is 9.47 Å². The fourth-order valence-electron chi connectivity index (χ4n) is 4.26. The Morgan fingerprint density at radius 1 is 0.974 bits per heavy atom. The molecular formula is C29H36N2O6S. The van der Waals surface area contributed by atoms with Gasteiger partial charge in [-0.05, 0) is 58.9 Å². The van der Waals surface area contributed by atoms with Crippen LogP contribution in [0, 0.1) is 5.92 Å². The van der Waals surface area contributed by atoms with Crippen LogP contribution in [0.25, 0.3) is 0 Å². The summed E-state index contributed by atoms with van der Waals surface area (Å²) < 4.78 is 45.1. The van der Waals surface area contributed by atoms with Gasteiger partial charge in [0, 0.05) is 13.1 Å². The van der Waals surface area contributed by atoms with Crippen LogP contribution in [0.2, 0.25) is 0 Å². The van der Waals surface area contributed by atoms with E-state index in [1.807, 2.05) is 44.2 Å². The van der Waals surface area contributed by atoms with Gasteiger partial charge in [-0.1, -0.05) is 52.8 Å². The number of carbonyl (C=O) groups is 1. The molecule has 0 radical (unpaired) electrons. The molecule has 2 heterocycles. The van der Waals surface area contributed by atoms with E-state index in [9.17, 15) is 13.2 Å². The van der Waals surface area contributed by atoms with Crippen molar-refractivity contribution in [2.75, 3.05) is 19.9 Å². The topological polar surface area (TPSA) is 89.3 Å². The van der Waals surface area contributed by atoms with Crippen molar-refractivity contribution in [3.8, 4) is 11.5 Å². The lowest BCUT2D eigenvalue weighted by Crippen LogP contribution is -2.43. The number of amides is 1. The van der Waals surface area contributed by atoms with Gasteiger partial charge >= 0.3 is 0 Å². The first-order valence-corrected chi connectivity index (χ1v) is 14.2. The van der Waals surface area contributed by atoms with Crippen molar-refractivity contribution in [1.29, 1.82) is 0 Å². The third kappa shape index (κ3) is 6.57. The predicted octanol–water partition coefficient (Wildman–Crippen LogP) is 5.18. The van der Waals surface area contributed by atoms with E-state index in [1.165, 1.54) is 4.31 Å². The lowest BCUT2D eigenvalue weighted by atomic mass is 9.87. The Hall–Kier alpha value is -3.30. The molecule has 0 unspecified atom stereocenters. The second kappa shape index (κ2) is 11.2. The van der Waals surface area contributed by atoms with Gasteiger partial charge in [0.1, 0.15) is 5.76 Å². The van der Waals surface area contributed by atoms with Gasteiger partial charge in [0.05, 0.1) is 24.2 Å². The summed E-state index contributed by atoms with van der Waals surface area (Å²) >= 11 is 0. The molecule has 3 aromatic rings. The molecule has 1 amide bonds. The van der Waals surface area contributed by atoms with Gasteiger partial charge in [0.15, 0.2) is 11.5 Å². The average Bonchev–Trinajstić information content (AvgIpc) is 3.54. The van der Waals surface area contributed by atoms with Crippen LogP contribution >= 0.6 is 0 Å². The summed E-state index contributed by atoms with van der Waals surface area (Å²) in [6, 6.07) is 16.0. The van der Waals surface area contributed by atoms with E-state index >= 15 is 0 Å². The van der Waals surface area contributed by atoms with Crippen LogP contribution in [0.5, 0.6) is 11.5 Å². The quantitative estimate of drug-likeness (QED) is 0.352. The fraction of sp³-hybridized carbons (Fsp3) is 0.414. The van der Waals surface area contributed by atoms with Crippen molar-refractivity contribution in [1.82, 2.24) is 9.21 Å². The minimum absolute atomic E-state index is 0.0267. The Labute approximate surface area is 225 Å². The molecule has 0 N–H and O–H groups in total. The van der Waals surface area contributed by atoms with E-state index in [-0.39, 0.29) is 55.1 Å². The van der Waals surface area contributed by atoms with Gasteiger partial charge in [-0.3, -0.25) is 4.79 Å². The second-order valence-corrected chi connectivity index (χ2v) is 12.9. The van der Waals surface area contributed by atoms with Gasteiger partial charge in [-0.15, -0.1) is 0 Å². The first-order chi connectivity index (χ1) is 17.9. The lowest BCUT2D eigenvalue weighted by molar-refractivity contribution is -0.133. The highest BCUT2D eigenvalue weighted by Crippen LogP contribution is 2.33. The number of nitrogens with zero attached hydrogens (tertiary/aromatic N) is 2. The summed E-state index contributed by atoms with van der Waals surface area (Å²) in [5.74, 6) is 1.59. The normalized spacial score (nSPS) is 13.3. The maximum atomic E-state index is 13.7. The Bertz CT molecular complexity index is 1340. The minimum atomic E-state index is -3.90. The van der Waals surface area contributed by atoms with Crippen molar-refractivity contribution < 1.29 is 27.1 Å². The number of hydrogen-bond donors (Lipinski definition) is 0. The van der Waals surface area contributed by atoms with Crippen LogP contribution in [0.4, 0.5) is 0 Å². The second-order valence-electron chi connectivity index (χ2n) is 11.0. The number of benzene rings is 2. The molecule has 0 spiro atoms. The third-order valence-electron chi connectivity index (χ3n) is 6.33.